The summed E-state index contributed by atoms with van der Waals surface area (Å²) in [5.41, 5.74) is 0.442. The molecule has 0 spiro atoms. The van der Waals surface area contributed by atoms with Crippen LogP contribution < -0.4 is 10.6 Å². The molecule has 7 heteroatoms. The molecule has 1 rings (SSSR count). The fourth-order valence-corrected chi connectivity index (χ4v) is 2.99. The topological polar surface area (TPSA) is 78.5 Å². The minimum Gasteiger partial charge on any atom is -0.351 e. The van der Waals surface area contributed by atoms with Crippen molar-refractivity contribution < 1.29 is 13.2 Å². The molecule has 0 bridgehead atoms. The van der Waals surface area contributed by atoms with Crippen LogP contribution in [-0.2, 0) is 10.0 Å². The van der Waals surface area contributed by atoms with E-state index in [1.807, 2.05) is 0 Å². The van der Waals surface area contributed by atoms with Gasteiger partial charge in [0.15, 0.2) is 0 Å². The standard InChI is InChI=1S/C14H23N3O3S/c1-11(2)17(4)21(19,20)13-7-5-12(6-8-13)14(18)16-10-9-15-3/h5-8,11,15H,9-10H2,1-4H3,(H,16,18). The average Bonchev–Trinajstić information content (AvgIpc) is 2.46. The molecule has 118 valence electrons. The number of carbonyl (C=O) groups is 1. The van der Waals surface area contributed by atoms with Crippen molar-refractivity contribution in [2.24, 2.45) is 0 Å². The van der Waals surface area contributed by atoms with Crippen molar-refractivity contribution in [3.8, 4) is 0 Å². The third-order valence-corrected chi connectivity index (χ3v) is 5.23. The normalized spacial score (nSPS) is 11.9. The Morgan fingerprint density at radius 3 is 2.24 bits per heavy atom. The minimum absolute atomic E-state index is 0.125. The van der Waals surface area contributed by atoms with Crippen molar-refractivity contribution in [2.75, 3.05) is 27.2 Å². The Bertz CT molecular complexity index is 568. The molecule has 0 fully saturated rings. The molecule has 0 saturated carbocycles. The van der Waals surface area contributed by atoms with Gasteiger partial charge in [0, 0.05) is 31.7 Å². The summed E-state index contributed by atoms with van der Waals surface area (Å²) in [6.45, 7) is 4.81. The molecule has 0 radical (unpaired) electrons. The van der Waals surface area contributed by atoms with Crippen LogP contribution in [0.4, 0.5) is 0 Å². The zero-order valence-electron chi connectivity index (χ0n) is 12.9. The molecule has 0 aliphatic rings. The summed E-state index contributed by atoms with van der Waals surface area (Å²) in [6.07, 6.45) is 0. The van der Waals surface area contributed by atoms with Crippen molar-refractivity contribution in [2.45, 2.75) is 24.8 Å². The van der Waals surface area contributed by atoms with Crippen LogP contribution in [0.2, 0.25) is 0 Å². The molecule has 0 atom stereocenters. The van der Waals surface area contributed by atoms with Crippen molar-refractivity contribution >= 4 is 15.9 Å². The average molecular weight is 313 g/mol. The zero-order valence-corrected chi connectivity index (χ0v) is 13.7. The maximum absolute atomic E-state index is 12.3. The largest absolute Gasteiger partial charge is 0.351 e. The molecule has 0 saturated heterocycles. The van der Waals surface area contributed by atoms with Crippen LogP contribution in [0.5, 0.6) is 0 Å². The van der Waals surface area contributed by atoms with Crippen LogP contribution in [0.1, 0.15) is 24.2 Å². The van der Waals surface area contributed by atoms with E-state index in [4.69, 9.17) is 0 Å². The van der Waals surface area contributed by atoms with Crippen LogP contribution in [0, 0.1) is 0 Å². The number of carbonyl (C=O) groups excluding carboxylic acids is 1. The molecule has 6 nitrogen and oxygen atoms in total. The molecule has 0 heterocycles. The first kappa shape index (κ1) is 17.6. The van der Waals surface area contributed by atoms with Crippen LogP contribution in [-0.4, -0.2) is 51.9 Å². The maximum Gasteiger partial charge on any atom is 0.251 e. The maximum atomic E-state index is 12.3. The minimum atomic E-state index is -3.51. The quantitative estimate of drug-likeness (QED) is 0.725. The lowest BCUT2D eigenvalue weighted by Crippen LogP contribution is -2.33. The van der Waals surface area contributed by atoms with E-state index >= 15 is 0 Å². The summed E-state index contributed by atoms with van der Waals surface area (Å²) < 4.78 is 25.9. The summed E-state index contributed by atoms with van der Waals surface area (Å²) in [4.78, 5) is 12.0. The predicted octanol–water partition coefficient (Wildman–Crippen LogP) is 0.665. The SMILES string of the molecule is CNCCNC(=O)c1ccc(S(=O)(=O)N(C)C(C)C)cc1. The van der Waals surface area contributed by atoms with E-state index < -0.39 is 10.0 Å². The van der Waals surface area contributed by atoms with Gasteiger partial charge in [0.05, 0.1) is 4.90 Å². The smallest absolute Gasteiger partial charge is 0.251 e. The number of sulfonamides is 1. The van der Waals surface area contributed by atoms with Gasteiger partial charge in [-0.2, -0.15) is 4.31 Å². The third-order valence-electron chi connectivity index (χ3n) is 3.18. The molecular formula is C14H23N3O3S. The summed E-state index contributed by atoms with van der Waals surface area (Å²) in [7, 11) is -0.167. The molecule has 21 heavy (non-hydrogen) atoms. The van der Waals surface area contributed by atoms with Gasteiger partial charge < -0.3 is 10.6 Å². The lowest BCUT2D eigenvalue weighted by Gasteiger charge is -2.21. The Kier molecular flexibility index (Phi) is 6.32. The van der Waals surface area contributed by atoms with Gasteiger partial charge in [-0.3, -0.25) is 4.79 Å². The number of hydrogen-bond donors (Lipinski definition) is 2. The van der Waals surface area contributed by atoms with Gasteiger partial charge in [-0.1, -0.05) is 0 Å². The van der Waals surface area contributed by atoms with Crippen LogP contribution >= 0.6 is 0 Å². The van der Waals surface area contributed by atoms with Crippen molar-refractivity contribution in [3.05, 3.63) is 29.8 Å². The molecule has 1 aromatic rings. The van der Waals surface area contributed by atoms with E-state index in [9.17, 15) is 13.2 Å². The van der Waals surface area contributed by atoms with E-state index in [1.165, 1.54) is 28.6 Å². The first-order chi connectivity index (χ1) is 9.80. The molecule has 2 N–H and O–H groups in total. The van der Waals surface area contributed by atoms with Crippen LogP contribution in [0.3, 0.4) is 0 Å². The number of nitrogens with zero attached hydrogens (tertiary/aromatic N) is 1. The zero-order chi connectivity index (χ0) is 16.0. The first-order valence-corrected chi connectivity index (χ1v) is 8.25. The lowest BCUT2D eigenvalue weighted by atomic mass is 10.2. The highest BCUT2D eigenvalue weighted by molar-refractivity contribution is 7.89. The Morgan fingerprint density at radius 2 is 1.76 bits per heavy atom. The predicted molar refractivity (Wildman–Crippen MR) is 82.8 cm³/mol. The molecular weight excluding hydrogens is 290 g/mol. The molecule has 1 amide bonds. The van der Waals surface area contributed by atoms with E-state index in [2.05, 4.69) is 10.6 Å². The second-order valence-electron chi connectivity index (χ2n) is 5.00. The van der Waals surface area contributed by atoms with E-state index in [1.54, 1.807) is 27.9 Å². The van der Waals surface area contributed by atoms with Crippen LogP contribution in [0.15, 0.2) is 29.2 Å². The number of rotatable bonds is 7. The van der Waals surface area contributed by atoms with E-state index in [0.717, 1.165) is 0 Å². The van der Waals surface area contributed by atoms with Gasteiger partial charge in [-0.05, 0) is 45.2 Å². The summed E-state index contributed by atoms with van der Waals surface area (Å²) in [5, 5.41) is 5.66. The van der Waals surface area contributed by atoms with Crippen LogP contribution in [0.25, 0.3) is 0 Å². The molecule has 1 aromatic carbocycles. The molecule has 0 aliphatic heterocycles. The van der Waals surface area contributed by atoms with E-state index in [0.29, 0.717) is 18.7 Å². The number of benzene rings is 1. The molecule has 0 unspecified atom stereocenters. The summed E-state index contributed by atoms with van der Waals surface area (Å²) >= 11 is 0. The van der Waals surface area contributed by atoms with Gasteiger partial charge >= 0.3 is 0 Å². The van der Waals surface area contributed by atoms with Gasteiger partial charge in [-0.25, -0.2) is 8.42 Å². The number of hydrogen-bond acceptors (Lipinski definition) is 4. The fourth-order valence-electron chi connectivity index (χ4n) is 1.63. The lowest BCUT2D eigenvalue weighted by molar-refractivity contribution is 0.0954. The van der Waals surface area contributed by atoms with Crippen molar-refractivity contribution in [1.82, 2.24) is 14.9 Å². The highest BCUT2D eigenvalue weighted by Gasteiger charge is 2.23. The van der Waals surface area contributed by atoms with Crippen molar-refractivity contribution in [1.29, 1.82) is 0 Å². The van der Waals surface area contributed by atoms with Gasteiger partial charge in [0.2, 0.25) is 10.0 Å². The Hall–Kier alpha value is -1.44. The monoisotopic (exact) mass is 313 g/mol. The first-order valence-electron chi connectivity index (χ1n) is 6.81. The Labute approximate surface area is 126 Å². The molecule has 0 aliphatic carbocycles. The van der Waals surface area contributed by atoms with E-state index in [-0.39, 0.29) is 16.8 Å². The third kappa shape index (κ3) is 4.52. The fraction of sp³-hybridized carbons (Fsp3) is 0.500. The Balaban J connectivity index is 2.85. The van der Waals surface area contributed by atoms with Gasteiger partial charge in [0.25, 0.3) is 5.91 Å². The highest BCUT2D eigenvalue weighted by Crippen LogP contribution is 2.17. The highest BCUT2D eigenvalue weighted by atomic mass is 32.2. The summed E-state index contributed by atoms with van der Waals surface area (Å²) in [6, 6.07) is 5.84. The molecule has 0 aromatic heterocycles. The van der Waals surface area contributed by atoms with Gasteiger partial charge in [-0.15, -0.1) is 0 Å². The van der Waals surface area contributed by atoms with Crippen molar-refractivity contribution in [3.63, 3.8) is 0 Å². The number of nitrogens with one attached hydrogen (secondary N) is 2. The second kappa shape index (κ2) is 7.53. The Morgan fingerprint density at radius 1 is 1.19 bits per heavy atom. The second-order valence-corrected chi connectivity index (χ2v) is 7.00. The summed E-state index contributed by atoms with van der Waals surface area (Å²) in [5.74, 6) is -0.216. The van der Waals surface area contributed by atoms with Gasteiger partial charge in [0.1, 0.15) is 0 Å². The number of amides is 1. The number of likely N-dealkylation sites (N-methyl/N-ethyl adjacent to an activating group) is 1.